The largest absolute Gasteiger partial charge is 0.435 e. The Hall–Kier alpha value is -3.56. The highest BCUT2D eigenvalue weighted by molar-refractivity contribution is 6.33. The third-order valence-corrected chi connectivity index (χ3v) is 4.07. The van der Waals surface area contributed by atoms with Crippen molar-refractivity contribution in [1.29, 1.82) is 0 Å². The number of H-pyrrole nitrogens is 1. The van der Waals surface area contributed by atoms with Crippen molar-refractivity contribution in [3.05, 3.63) is 59.6 Å². The number of hydrogen-bond donors (Lipinski definition) is 2. The summed E-state index contributed by atoms with van der Waals surface area (Å²) in [7, 11) is 1.62. The van der Waals surface area contributed by atoms with Crippen molar-refractivity contribution in [2.75, 3.05) is 7.11 Å². The average molecular weight is 413 g/mol. The highest BCUT2D eigenvalue weighted by Gasteiger charge is 2.21. The minimum Gasteiger partial charge on any atom is -0.435 e. The first kappa shape index (κ1) is 20.2. The molecule has 0 aliphatic carbocycles. The van der Waals surface area contributed by atoms with E-state index < -0.39 is 0 Å². The van der Waals surface area contributed by atoms with Crippen LogP contribution in [0.2, 0.25) is 5.02 Å². The SMILES string of the molecule is COCc1cc(-c2nc(-c3ncn[nH]3)c(-c3ccccc3Cl)o2)ccn1.NC=O. The van der Waals surface area contributed by atoms with Gasteiger partial charge in [-0.25, -0.2) is 9.97 Å². The molecule has 4 rings (SSSR count). The molecule has 0 radical (unpaired) electrons. The number of oxazole rings is 1. The van der Waals surface area contributed by atoms with Crippen LogP contribution in [0.5, 0.6) is 0 Å². The van der Waals surface area contributed by atoms with Crippen molar-refractivity contribution in [1.82, 2.24) is 25.1 Å². The molecule has 1 aromatic carbocycles. The summed E-state index contributed by atoms with van der Waals surface area (Å²) in [6.07, 6.45) is 3.36. The Morgan fingerprint density at radius 2 is 2.07 bits per heavy atom. The van der Waals surface area contributed by atoms with E-state index in [9.17, 15) is 0 Å². The molecule has 0 saturated carbocycles. The number of halogens is 1. The molecule has 148 valence electrons. The zero-order valence-electron chi connectivity index (χ0n) is 15.4. The van der Waals surface area contributed by atoms with E-state index in [0.717, 1.165) is 16.8 Å². The number of rotatable bonds is 5. The van der Waals surface area contributed by atoms with Gasteiger partial charge in [-0.15, -0.1) is 0 Å². The van der Waals surface area contributed by atoms with Crippen LogP contribution in [0.4, 0.5) is 0 Å². The molecular weight excluding hydrogens is 396 g/mol. The summed E-state index contributed by atoms with van der Waals surface area (Å²) in [6, 6.07) is 11.1. The molecule has 1 amide bonds. The second kappa shape index (κ2) is 9.58. The van der Waals surface area contributed by atoms with Crippen LogP contribution in [-0.4, -0.2) is 38.7 Å². The van der Waals surface area contributed by atoms with Crippen molar-refractivity contribution in [3.63, 3.8) is 0 Å². The molecule has 3 heterocycles. The monoisotopic (exact) mass is 412 g/mol. The van der Waals surface area contributed by atoms with Gasteiger partial charge in [-0.1, -0.05) is 23.7 Å². The van der Waals surface area contributed by atoms with Crippen LogP contribution in [0, 0.1) is 0 Å². The fourth-order valence-electron chi connectivity index (χ4n) is 2.59. The number of aromatic amines is 1. The summed E-state index contributed by atoms with van der Waals surface area (Å²) >= 11 is 6.35. The maximum absolute atomic E-state index is 8.58. The smallest absolute Gasteiger partial charge is 0.227 e. The number of carbonyl (C=O) groups excluding carboxylic acids is 1. The number of hydrogen-bond acceptors (Lipinski definition) is 7. The number of nitrogens with two attached hydrogens (primary N) is 1. The fraction of sp³-hybridized carbons (Fsp3) is 0.105. The number of methoxy groups -OCH3 is 1. The van der Waals surface area contributed by atoms with E-state index in [1.165, 1.54) is 6.33 Å². The van der Waals surface area contributed by atoms with Crippen molar-refractivity contribution < 1.29 is 13.9 Å². The van der Waals surface area contributed by atoms with Gasteiger partial charge < -0.3 is 14.9 Å². The fourth-order valence-corrected chi connectivity index (χ4v) is 2.81. The predicted molar refractivity (Wildman–Crippen MR) is 107 cm³/mol. The molecule has 9 nitrogen and oxygen atoms in total. The van der Waals surface area contributed by atoms with Crippen LogP contribution in [0.1, 0.15) is 5.69 Å². The minimum absolute atomic E-state index is 0.250. The molecule has 3 aromatic heterocycles. The second-order valence-electron chi connectivity index (χ2n) is 5.62. The quantitative estimate of drug-likeness (QED) is 0.481. The Kier molecular flexibility index (Phi) is 6.67. The average Bonchev–Trinajstić information content (AvgIpc) is 3.39. The van der Waals surface area contributed by atoms with Crippen LogP contribution in [-0.2, 0) is 16.1 Å². The van der Waals surface area contributed by atoms with Crippen LogP contribution < -0.4 is 5.73 Å². The van der Waals surface area contributed by atoms with Crippen LogP contribution >= 0.6 is 11.6 Å². The number of amides is 1. The summed E-state index contributed by atoms with van der Waals surface area (Å²) in [5.41, 5.74) is 7.00. The van der Waals surface area contributed by atoms with Crippen LogP contribution in [0.25, 0.3) is 34.3 Å². The van der Waals surface area contributed by atoms with E-state index in [4.69, 9.17) is 25.5 Å². The molecule has 0 unspecified atom stereocenters. The molecule has 29 heavy (non-hydrogen) atoms. The van der Waals surface area contributed by atoms with Crippen LogP contribution in [0.15, 0.2) is 53.3 Å². The first-order valence-corrected chi connectivity index (χ1v) is 8.76. The van der Waals surface area contributed by atoms with Gasteiger partial charge in [0.05, 0.1) is 17.3 Å². The highest BCUT2D eigenvalue weighted by atomic mass is 35.5. The van der Waals surface area contributed by atoms with E-state index in [1.807, 2.05) is 30.3 Å². The summed E-state index contributed by atoms with van der Waals surface area (Å²) in [5, 5.41) is 7.28. The molecule has 0 atom stereocenters. The minimum atomic E-state index is 0.250. The number of pyridine rings is 1. The third kappa shape index (κ3) is 4.65. The molecule has 10 heteroatoms. The lowest BCUT2D eigenvalue weighted by atomic mass is 10.1. The number of aromatic nitrogens is 5. The first-order valence-electron chi connectivity index (χ1n) is 8.39. The second-order valence-corrected chi connectivity index (χ2v) is 6.02. The molecule has 0 bridgehead atoms. The predicted octanol–water partition coefficient (Wildman–Crippen LogP) is 3.09. The third-order valence-electron chi connectivity index (χ3n) is 3.74. The van der Waals surface area contributed by atoms with Gasteiger partial charge in [0.1, 0.15) is 6.33 Å². The van der Waals surface area contributed by atoms with Gasteiger partial charge in [0.2, 0.25) is 12.3 Å². The topological polar surface area (TPSA) is 133 Å². The standard InChI is InChI=1S/C18H14ClN5O2.CH3NO/c1-25-9-12-8-11(6-7-20-12)18-23-15(17-21-10-22-24-17)16(26-18)13-4-2-3-5-14(13)19;2-1-3/h2-8,10H,9H2,1H3,(H,21,22,24);1H,(H2,2,3). The van der Waals surface area contributed by atoms with Gasteiger partial charge in [0.25, 0.3) is 0 Å². The summed E-state index contributed by atoms with van der Waals surface area (Å²) < 4.78 is 11.2. The number of carbonyl (C=O) groups is 1. The number of primary amides is 1. The molecular formula is C19H17ClN6O3. The Labute approximate surface area is 170 Å². The lowest BCUT2D eigenvalue weighted by molar-refractivity contribution is -0.106. The number of ether oxygens (including phenoxy) is 1. The normalized spacial score (nSPS) is 10.3. The highest BCUT2D eigenvalue weighted by Crippen LogP contribution is 2.37. The van der Waals surface area contributed by atoms with Crippen molar-refractivity contribution >= 4 is 18.0 Å². The van der Waals surface area contributed by atoms with Gasteiger partial charge in [0, 0.05) is 24.4 Å². The van der Waals surface area contributed by atoms with E-state index in [1.54, 1.807) is 19.4 Å². The van der Waals surface area contributed by atoms with E-state index in [0.29, 0.717) is 34.8 Å². The summed E-state index contributed by atoms with van der Waals surface area (Å²) in [5.74, 6) is 1.46. The van der Waals surface area contributed by atoms with Gasteiger partial charge in [-0.05, 0) is 24.3 Å². The summed E-state index contributed by atoms with van der Waals surface area (Å²) in [6.45, 7) is 0.404. The summed E-state index contributed by atoms with van der Waals surface area (Å²) in [4.78, 5) is 21.7. The van der Waals surface area contributed by atoms with Crippen molar-refractivity contribution in [2.24, 2.45) is 5.73 Å². The van der Waals surface area contributed by atoms with Gasteiger partial charge in [-0.2, -0.15) is 5.10 Å². The number of nitrogens with one attached hydrogen (secondary N) is 1. The van der Waals surface area contributed by atoms with E-state index in [2.05, 4.69) is 30.9 Å². The number of nitrogens with zero attached hydrogens (tertiary/aromatic N) is 4. The molecule has 0 spiro atoms. The maximum Gasteiger partial charge on any atom is 0.227 e. The molecule has 0 fully saturated rings. The lowest BCUT2D eigenvalue weighted by Gasteiger charge is -2.02. The van der Waals surface area contributed by atoms with Gasteiger partial charge >= 0.3 is 0 Å². The van der Waals surface area contributed by atoms with Crippen molar-refractivity contribution in [3.8, 4) is 34.3 Å². The molecule has 0 aliphatic heterocycles. The molecule has 0 aliphatic rings. The Balaban J connectivity index is 0.000000755. The Morgan fingerprint density at radius 1 is 1.28 bits per heavy atom. The maximum atomic E-state index is 8.58. The molecule has 3 N–H and O–H groups in total. The lowest BCUT2D eigenvalue weighted by Crippen LogP contribution is -1.92. The molecule has 0 saturated heterocycles. The van der Waals surface area contributed by atoms with Gasteiger partial charge in [-0.3, -0.25) is 14.9 Å². The first-order chi connectivity index (χ1) is 14.2. The van der Waals surface area contributed by atoms with E-state index in [-0.39, 0.29) is 6.41 Å². The zero-order chi connectivity index (χ0) is 20.6. The molecule has 4 aromatic rings. The van der Waals surface area contributed by atoms with Crippen molar-refractivity contribution in [2.45, 2.75) is 6.61 Å². The Morgan fingerprint density at radius 3 is 2.76 bits per heavy atom. The van der Waals surface area contributed by atoms with Crippen LogP contribution in [0.3, 0.4) is 0 Å². The Bertz CT molecular complexity index is 1080. The van der Waals surface area contributed by atoms with Gasteiger partial charge in [0.15, 0.2) is 17.3 Å². The van der Waals surface area contributed by atoms with E-state index >= 15 is 0 Å². The zero-order valence-corrected chi connectivity index (χ0v) is 16.1. The number of benzene rings is 1.